The molecule has 11 heteroatoms. The molecule has 1 atom stereocenters. The van der Waals surface area contributed by atoms with Crippen LogP contribution in [0.1, 0.15) is 25.7 Å². The summed E-state index contributed by atoms with van der Waals surface area (Å²) in [5, 5.41) is 14.3. The minimum Gasteiger partial charge on any atom is -0.376 e. The molecule has 26 heavy (non-hydrogen) atoms. The number of rotatable bonds is 5. The van der Waals surface area contributed by atoms with Gasteiger partial charge in [-0.05, 0) is 31.4 Å². The van der Waals surface area contributed by atoms with Gasteiger partial charge in [-0.1, -0.05) is 6.42 Å². The smallest absolute Gasteiger partial charge is 0.293 e. The third-order valence-corrected chi connectivity index (χ3v) is 8.37. The van der Waals surface area contributed by atoms with Crippen molar-refractivity contribution in [2.45, 2.75) is 36.6 Å². The Morgan fingerprint density at radius 1 is 1.19 bits per heavy atom. The summed E-state index contributed by atoms with van der Waals surface area (Å²) in [6.07, 6.45) is 2.89. The van der Waals surface area contributed by atoms with Crippen molar-refractivity contribution in [1.29, 1.82) is 0 Å². The number of nitrogens with one attached hydrogen (secondary N) is 1. The quantitative estimate of drug-likeness (QED) is 0.581. The van der Waals surface area contributed by atoms with Crippen LogP contribution in [0.3, 0.4) is 0 Å². The lowest BCUT2D eigenvalue weighted by Crippen LogP contribution is -2.35. The predicted octanol–water partition coefficient (Wildman–Crippen LogP) is 1.37. The first-order chi connectivity index (χ1) is 12.2. The highest BCUT2D eigenvalue weighted by atomic mass is 32.2. The minimum absolute atomic E-state index is 0.0416. The molecule has 0 bridgehead atoms. The molecular weight excluding hydrogens is 382 g/mol. The molecule has 1 aromatic rings. The average molecular weight is 403 g/mol. The van der Waals surface area contributed by atoms with Crippen LogP contribution in [0.15, 0.2) is 23.1 Å². The van der Waals surface area contributed by atoms with Gasteiger partial charge in [-0.25, -0.2) is 16.8 Å². The molecular formula is C15H21N3O6S2. The van der Waals surface area contributed by atoms with Gasteiger partial charge in [0, 0.05) is 25.2 Å². The molecule has 1 unspecified atom stereocenters. The highest BCUT2D eigenvalue weighted by molar-refractivity contribution is 7.91. The molecule has 2 heterocycles. The molecule has 9 nitrogen and oxygen atoms in total. The highest BCUT2D eigenvalue weighted by Crippen LogP contribution is 2.31. The van der Waals surface area contributed by atoms with E-state index in [0.717, 1.165) is 25.3 Å². The van der Waals surface area contributed by atoms with Crippen molar-refractivity contribution in [3.8, 4) is 0 Å². The van der Waals surface area contributed by atoms with E-state index in [0.29, 0.717) is 19.5 Å². The lowest BCUT2D eigenvalue weighted by Gasteiger charge is -2.26. The number of hydrogen-bond acceptors (Lipinski definition) is 7. The molecule has 0 aliphatic carbocycles. The van der Waals surface area contributed by atoms with Crippen molar-refractivity contribution in [3.63, 3.8) is 0 Å². The fourth-order valence-electron chi connectivity index (χ4n) is 3.33. The van der Waals surface area contributed by atoms with Crippen LogP contribution in [0.25, 0.3) is 0 Å². The number of nitro benzene ring substituents is 1. The fraction of sp³-hybridized carbons (Fsp3) is 0.600. The Kier molecular flexibility index (Phi) is 5.22. The van der Waals surface area contributed by atoms with Gasteiger partial charge >= 0.3 is 0 Å². The predicted molar refractivity (Wildman–Crippen MR) is 96.4 cm³/mol. The number of hydrogen-bond donors (Lipinski definition) is 1. The van der Waals surface area contributed by atoms with Crippen LogP contribution in [0.4, 0.5) is 11.4 Å². The molecule has 0 saturated carbocycles. The van der Waals surface area contributed by atoms with Gasteiger partial charge in [0.25, 0.3) is 5.69 Å². The number of sulfonamides is 1. The molecule has 0 spiro atoms. The Morgan fingerprint density at radius 2 is 1.88 bits per heavy atom. The summed E-state index contributed by atoms with van der Waals surface area (Å²) in [5.74, 6) is -0.0438. The lowest BCUT2D eigenvalue weighted by molar-refractivity contribution is -0.384. The maximum Gasteiger partial charge on any atom is 0.293 e. The molecule has 0 amide bonds. The van der Waals surface area contributed by atoms with Crippen LogP contribution in [-0.2, 0) is 19.9 Å². The first-order valence-corrected chi connectivity index (χ1v) is 11.7. The van der Waals surface area contributed by atoms with E-state index in [2.05, 4.69) is 5.32 Å². The standard InChI is InChI=1S/C15H21N3O6S2/c19-18(20)15-10-13(26(23,24)17-7-2-1-3-8-17)4-5-14(15)16-12-6-9-25(21,22)11-12/h4-5,10,12,16H,1-3,6-9,11H2. The molecule has 2 aliphatic rings. The molecule has 0 aromatic heterocycles. The first kappa shape index (κ1) is 19.1. The van der Waals surface area contributed by atoms with Crippen LogP contribution in [0, 0.1) is 10.1 Å². The van der Waals surface area contributed by atoms with Crippen LogP contribution in [0.5, 0.6) is 0 Å². The first-order valence-electron chi connectivity index (χ1n) is 8.45. The van der Waals surface area contributed by atoms with Gasteiger partial charge < -0.3 is 5.32 Å². The second-order valence-electron chi connectivity index (χ2n) is 6.65. The Hall–Kier alpha value is -1.72. The maximum atomic E-state index is 12.7. The summed E-state index contributed by atoms with van der Waals surface area (Å²) < 4.78 is 49.9. The molecule has 0 radical (unpaired) electrons. The van der Waals surface area contributed by atoms with E-state index in [9.17, 15) is 26.9 Å². The van der Waals surface area contributed by atoms with E-state index in [1.807, 2.05) is 0 Å². The monoisotopic (exact) mass is 403 g/mol. The summed E-state index contributed by atoms with van der Waals surface area (Å²) in [6.45, 7) is 0.826. The van der Waals surface area contributed by atoms with Crippen molar-refractivity contribution in [2.24, 2.45) is 0 Å². The number of anilines is 1. The van der Waals surface area contributed by atoms with Gasteiger partial charge in [0.05, 0.1) is 21.3 Å². The third kappa shape index (κ3) is 3.99. The van der Waals surface area contributed by atoms with Crippen molar-refractivity contribution in [1.82, 2.24) is 4.31 Å². The number of nitrogens with zero attached hydrogens (tertiary/aromatic N) is 2. The summed E-state index contributed by atoms with van der Waals surface area (Å²) in [6, 6.07) is 3.32. The van der Waals surface area contributed by atoms with Crippen LogP contribution < -0.4 is 5.32 Å². The molecule has 2 saturated heterocycles. The Balaban J connectivity index is 1.88. The molecule has 2 aliphatic heterocycles. The lowest BCUT2D eigenvalue weighted by atomic mass is 10.2. The van der Waals surface area contributed by atoms with Gasteiger partial charge in [0.15, 0.2) is 9.84 Å². The van der Waals surface area contributed by atoms with E-state index in [1.54, 1.807) is 0 Å². The normalized spacial score (nSPS) is 23.6. The zero-order valence-electron chi connectivity index (χ0n) is 14.1. The molecule has 2 fully saturated rings. The van der Waals surface area contributed by atoms with Gasteiger partial charge in [0.1, 0.15) is 5.69 Å². The van der Waals surface area contributed by atoms with Gasteiger partial charge in [0.2, 0.25) is 10.0 Å². The van der Waals surface area contributed by atoms with Crippen molar-refractivity contribution < 1.29 is 21.8 Å². The zero-order chi connectivity index (χ0) is 18.9. The summed E-state index contributed by atoms with van der Waals surface area (Å²) in [7, 11) is -6.90. The van der Waals surface area contributed by atoms with E-state index in [1.165, 1.54) is 16.4 Å². The van der Waals surface area contributed by atoms with Gasteiger partial charge in [-0.15, -0.1) is 0 Å². The summed E-state index contributed by atoms with van der Waals surface area (Å²) in [4.78, 5) is 10.7. The molecule has 144 valence electrons. The Labute approximate surface area is 152 Å². The highest BCUT2D eigenvalue weighted by Gasteiger charge is 2.31. The topological polar surface area (TPSA) is 127 Å². The summed E-state index contributed by atoms with van der Waals surface area (Å²) >= 11 is 0. The molecule has 3 rings (SSSR count). The van der Waals surface area contributed by atoms with E-state index < -0.39 is 30.8 Å². The second-order valence-corrected chi connectivity index (χ2v) is 10.8. The zero-order valence-corrected chi connectivity index (χ0v) is 15.8. The third-order valence-electron chi connectivity index (χ3n) is 4.71. The number of nitro groups is 1. The van der Waals surface area contributed by atoms with Crippen molar-refractivity contribution >= 4 is 31.2 Å². The fourth-order valence-corrected chi connectivity index (χ4v) is 6.54. The van der Waals surface area contributed by atoms with Crippen LogP contribution >= 0.6 is 0 Å². The molecule has 1 N–H and O–H groups in total. The average Bonchev–Trinajstić information content (AvgIpc) is 2.94. The van der Waals surface area contributed by atoms with E-state index >= 15 is 0 Å². The van der Waals surface area contributed by atoms with Gasteiger partial charge in [-0.3, -0.25) is 10.1 Å². The van der Waals surface area contributed by atoms with Crippen molar-refractivity contribution in [3.05, 3.63) is 28.3 Å². The number of benzene rings is 1. The summed E-state index contributed by atoms with van der Waals surface area (Å²) in [5.41, 5.74) is -0.234. The van der Waals surface area contributed by atoms with Crippen molar-refractivity contribution in [2.75, 3.05) is 29.9 Å². The van der Waals surface area contributed by atoms with Crippen LogP contribution in [-0.4, -0.2) is 56.7 Å². The number of sulfone groups is 1. The van der Waals surface area contributed by atoms with E-state index in [-0.39, 0.29) is 27.8 Å². The molecule has 1 aromatic carbocycles. The largest absolute Gasteiger partial charge is 0.376 e. The Morgan fingerprint density at radius 3 is 2.46 bits per heavy atom. The maximum absolute atomic E-state index is 12.7. The number of piperidine rings is 1. The SMILES string of the molecule is O=[N+]([O-])c1cc(S(=O)(=O)N2CCCCC2)ccc1NC1CCS(=O)(=O)C1. The minimum atomic E-state index is -3.78. The van der Waals surface area contributed by atoms with Crippen LogP contribution in [0.2, 0.25) is 0 Å². The van der Waals surface area contributed by atoms with E-state index in [4.69, 9.17) is 0 Å². The van der Waals surface area contributed by atoms with Gasteiger partial charge in [-0.2, -0.15) is 4.31 Å². The second kappa shape index (κ2) is 7.12. The Bertz CT molecular complexity index is 907.